The Kier molecular flexibility index (Phi) is 18.9. The van der Waals surface area contributed by atoms with Gasteiger partial charge in [0.2, 0.25) is 0 Å². The first-order valence-corrected chi connectivity index (χ1v) is 6.15. The van der Waals surface area contributed by atoms with E-state index in [1.165, 1.54) is 6.92 Å². The number of aliphatic hydroxyl groups excluding tert-OH is 2. The van der Waals surface area contributed by atoms with E-state index in [2.05, 4.69) is 14.9 Å². The monoisotopic (exact) mass is 272 g/mol. The van der Waals surface area contributed by atoms with Crippen molar-refractivity contribution in [2.45, 2.75) is 20.8 Å². The van der Waals surface area contributed by atoms with Crippen LogP contribution in [0.5, 0.6) is 0 Å². The summed E-state index contributed by atoms with van der Waals surface area (Å²) < 4.78 is 28.9. The Morgan fingerprint density at radius 2 is 1.59 bits per heavy atom. The lowest BCUT2D eigenvalue weighted by molar-refractivity contribution is -0.129. The third-order valence-corrected chi connectivity index (χ3v) is 1.51. The van der Waals surface area contributed by atoms with Crippen LogP contribution in [0.15, 0.2) is 12.7 Å². The molecule has 0 aliphatic rings. The van der Waals surface area contributed by atoms with Gasteiger partial charge in [0.15, 0.2) is 0 Å². The van der Waals surface area contributed by atoms with Crippen molar-refractivity contribution >= 4 is 16.4 Å². The SMILES string of the molecule is C=CC(=O)OS(=O)(=O)OCC.CCO.CCO. The van der Waals surface area contributed by atoms with E-state index in [1.54, 1.807) is 13.8 Å². The summed E-state index contributed by atoms with van der Waals surface area (Å²) in [5, 5.41) is 15.1. The first kappa shape index (κ1) is 21.3. The largest absolute Gasteiger partial charge is 0.451 e. The number of hydrogen-bond donors (Lipinski definition) is 2. The Morgan fingerprint density at radius 3 is 1.82 bits per heavy atom. The molecule has 0 unspecified atom stereocenters. The molecule has 0 atom stereocenters. The molecule has 0 rings (SSSR count). The molecule has 0 radical (unpaired) electrons. The molecule has 0 bridgehead atoms. The van der Waals surface area contributed by atoms with Gasteiger partial charge in [-0.05, 0) is 20.8 Å². The lowest BCUT2D eigenvalue weighted by Gasteiger charge is -1.99. The Bertz CT molecular complexity index is 269. The van der Waals surface area contributed by atoms with Gasteiger partial charge in [0.1, 0.15) is 0 Å². The van der Waals surface area contributed by atoms with Gasteiger partial charge in [-0.25, -0.2) is 8.98 Å². The minimum atomic E-state index is -4.16. The molecule has 0 saturated heterocycles. The second kappa shape index (κ2) is 15.0. The molecule has 0 aromatic heterocycles. The molecular formula is C9H20O7S. The zero-order chi connectivity index (χ0) is 14.3. The van der Waals surface area contributed by atoms with E-state index in [1.807, 2.05) is 0 Å². The minimum Gasteiger partial charge on any atom is -0.397 e. The van der Waals surface area contributed by atoms with E-state index < -0.39 is 16.4 Å². The van der Waals surface area contributed by atoms with Crippen LogP contribution >= 0.6 is 0 Å². The molecule has 17 heavy (non-hydrogen) atoms. The topological polar surface area (TPSA) is 110 Å². The van der Waals surface area contributed by atoms with E-state index in [0.29, 0.717) is 0 Å². The maximum absolute atomic E-state index is 10.5. The third kappa shape index (κ3) is 25.4. The minimum absolute atomic E-state index is 0.0766. The van der Waals surface area contributed by atoms with Crippen LogP contribution in [0.1, 0.15) is 20.8 Å². The first-order chi connectivity index (χ1) is 7.84. The second-order valence-electron chi connectivity index (χ2n) is 2.05. The van der Waals surface area contributed by atoms with Crippen molar-refractivity contribution in [2.75, 3.05) is 19.8 Å². The predicted molar refractivity (Wildman–Crippen MR) is 62.4 cm³/mol. The highest BCUT2D eigenvalue weighted by molar-refractivity contribution is 7.82. The summed E-state index contributed by atoms with van der Waals surface area (Å²) in [6, 6.07) is 0. The molecule has 0 heterocycles. The first-order valence-electron chi connectivity index (χ1n) is 4.81. The van der Waals surface area contributed by atoms with E-state index in [9.17, 15) is 13.2 Å². The number of rotatable bonds is 4. The van der Waals surface area contributed by atoms with Crippen LogP contribution in [0.3, 0.4) is 0 Å². The average Bonchev–Trinajstić information content (AvgIpc) is 2.19. The van der Waals surface area contributed by atoms with E-state index in [4.69, 9.17) is 10.2 Å². The molecule has 0 fully saturated rings. The summed E-state index contributed by atoms with van der Waals surface area (Å²) in [5.74, 6) is -1.06. The maximum atomic E-state index is 10.5. The standard InChI is InChI=1S/C5H8O5S.2C2H6O/c1-3-5(6)10-11(7,8)9-4-2;2*1-2-3/h3H,1,4H2,2H3;2*3H,2H2,1H3. The normalized spacial score (nSPS) is 9.00. The van der Waals surface area contributed by atoms with Gasteiger partial charge in [0.25, 0.3) is 0 Å². The van der Waals surface area contributed by atoms with Crippen molar-refractivity contribution in [3.05, 3.63) is 12.7 Å². The summed E-state index contributed by atoms with van der Waals surface area (Å²) in [6.07, 6.45) is 0.733. The number of carbonyl (C=O) groups excluding carboxylic acids is 1. The van der Waals surface area contributed by atoms with Gasteiger partial charge in [-0.3, -0.25) is 0 Å². The van der Waals surface area contributed by atoms with E-state index >= 15 is 0 Å². The third-order valence-electron chi connectivity index (χ3n) is 0.613. The molecular weight excluding hydrogens is 252 g/mol. The number of aliphatic hydroxyl groups is 2. The fourth-order valence-electron chi connectivity index (χ4n) is 0.303. The average molecular weight is 272 g/mol. The molecule has 2 N–H and O–H groups in total. The zero-order valence-corrected chi connectivity index (χ0v) is 11.1. The molecule has 0 aromatic rings. The van der Waals surface area contributed by atoms with Gasteiger partial charge in [-0.15, -0.1) is 0 Å². The van der Waals surface area contributed by atoms with Crippen LogP contribution < -0.4 is 0 Å². The molecule has 7 nitrogen and oxygen atoms in total. The molecule has 0 spiro atoms. The molecule has 8 heteroatoms. The maximum Gasteiger partial charge on any atom is 0.451 e. The highest BCUT2D eigenvalue weighted by Crippen LogP contribution is 1.95. The van der Waals surface area contributed by atoms with Gasteiger partial charge in [0.05, 0.1) is 6.61 Å². The molecule has 0 aliphatic heterocycles. The van der Waals surface area contributed by atoms with Gasteiger partial charge in [-0.2, -0.15) is 8.42 Å². The summed E-state index contributed by atoms with van der Waals surface area (Å²) in [7, 11) is -4.16. The van der Waals surface area contributed by atoms with Crippen LogP contribution in [-0.2, 0) is 23.6 Å². The highest BCUT2D eigenvalue weighted by Gasteiger charge is 2.14. The van der Waals surface area contributed by atoms with Gasteiger partial charge in [-0.1, -0.05) is 6.58 Å². The molecule has 0 aliphatic carbocycles. The highest BCUT2D eigenvalue weighted by atomic mass is 32.3. The Balaban J connectivity index is -0.000000273. The summed E-state index contributed by atoms with van der Waals surface area (Å²) in [4.78, 5) is 10.3. The van der Waals surface area contributed by atoms with Crippen LogP contribution in [0.4, 0.5) is 0 Å². The van der Waals surface area contributed by atoms with Crippen molar-refractivity contribution in [1.29, 1.82) is 0 Å². The number of hydrogen-bond acceptors (Lipinski definition) is 7. The molecule has 0 saturated carbocycles. The molecule has 104 valence electrons. The van der Waals surface area contributed by atoms with Gasteiger partial charge < -0.3 is 14.4 Å². The van der Waals surface area contributed by atoms with Crippen LogP contribution in [0.2, 0.25) is 0 Å². The smallest absolute Gasteiger partial charge is 0.397 e. The number of carbonyl (C=O) groups is 1. The summed E-state index contributed by atoms with van der Waals surface area (Å²) in [5.41, 5.74) is 0. The van der Waals surface area contributed by atoms with Crippen molar-refractivity contribution < 1.29 is 31.8 Å². The lowest BCUT2D eigenvalue weighted by atomic mass is 10.7. The van der Waals surface area contributed by atoms with Crippen LogP contribution in [0.25, 0.3) is 0 Å². The van der Waals surface area contributed by atoms with Crippen LogP contribution in [-0.4, -0.2) is 44.4 Å². The zero-order valence-electron chi connectivity index (χ0n) is 10.2. The Morgan fingerprint density at radius 1 is 1.24 bits per heavy atom. The quantitative estimate of drug-likeness (QED) is 0.693. The van der Waals surface area contributed by atoms with Crippen molar-refractivity contribution in [1.82, 2.24) is 0 Å². The van der Waals surface area contributed by atoms with Gasteiger partial charge in [0, 0.05) is 19.3 Å². The van der Waals surface area contributed by atoms with Gasteiger partial charge >= 0.3 is 16.4 Å². The van der Waals surface area contributed by atoms with Crippen molar-refractivity contribution in [3.8, 4) is 0 Å². The fourth-order valence-corrected chi connectivity index (χ4v) is 0.909. The molecule has 0 amide bonds. The fraction of sp³-hybridized carbons (Fsp3) is 0.667. The van der Waals surface area contributed by atoms with Crippen molar-refractivity contribution in [2.24, 2.45) is 0 Å². The lowest BCUT2D eigenvalue weighted by Crippen LogP contribution is -2.13. The predicted octanol–water partition coefficient (Wildman–Crippen LogP) is -0.00590. The van der Waals surface area contributed by atoms with Crippen LogP contribution in [0, 0.1) is 0 Å². The second-order valence-corrected chi connectivity index (χ2v) is 3.27. The summed E-state index contributed by atoms with van der Waals surface area (Å²) >= 11 is 0. The Hall–Kier alpha value is -0.960. The van der Waals surface area contributed by atoms with Crippen molar-refractivity contribution in [3.63, 3.8) is 0 Å². The van der Waals surface area contributed by atoms with E-state index in [0.717, 1.165) is 6.08 Å². The Labute approximate surface area is 102 Å². The molecule has 0 aromatic carbocycles. The summed E-state index contributed by atoms with van der Waals surface area (Å²) in [6.45, 7) is 8.25. The van der Waals surface area contributed by atoms with E-state index in [-0.39, 0.29) is 19.8 Å².